The zero-order valence-corrected chi connectivity index (χ0v) is 12.8. The van der Waals surface area contributed by atoms with E-state index in [1.165, 1.54) is 12.2 Å². The Labute approximate surface area is 137 Å². The van der Waals surface area contributed by atoms with Gasteiger partial charge in [-0.25, -0.2) is 14.4 Å². The Morgan fingerprint density at radius 3 is 2.42 bits per heavy atom. The van der Waals surface area contributed by atoms with Gasteiger partial charge in [0, 0.05) is 0 Å². The molecule has 1 heterocycles. The topological polar surface area (TPSA) is 124 Å². The highest BCUT2D eigenvalue weighted by Crippen LogP contribution is 2.15. The van der Waals surface area contributed by atoms with Crippen LogP contribution in [0.5, 0.6) is 0 Å². The first-order valence-corrected chi connectivity index (χ1v) is 6.58. The normalized spacial score (nSPS) is 17.5. The SMILES string of the molecule is C=CCOC(=O)C(OB1OC(=O)C(C(=O)OCC=C)O1)C(=O)OC. The van der Waals surface area contributed by atoms with E-state index < -0.39 is 43.4 Å². The van der Waals surface area contributed by atoms with Crippen molar-refractivity contribution in [3.63, 3.8) is 0 Å². The number of carbonyl (C=O) groups excluding carboxylic acids is 4. The van der Waals surface area contributed by atoms with Gasteiger partial charge in [-0.15, -0.1) is 0 Å². The van der Waals surface area contributed by atoms with Crippen molar-refractivity contribution in [2.45, 2.75) is 12.2 Å². The molecule has 2 atom stereocenters. The van der Waals surface area contributed by atoms with Crippen molar-refractivity contribution in [1.82, 2.24) is 0 Å². The second-order valence-corrected chi connectivity index (χ2v) is 4.12. The van der Waals surface area contributed by atoms with Crippen molar-refractivity contribution in [2.75, 3.05) is 20.3 Å². The molecule has 1 aliphatic rings. The summed E-state index contributed by atoms with van der Waals surface area (Å²) in [4.78, 5) is 46.4. The van der Waals surface area contributed by atoms with Gasteiger partial charge < -0.3 is 28.2 Å². The van der Waals surface area contributed by atoms with Gasteiger partial charge in [0.1, 0.15) is 13.2 Å². The van der Waals surface area contributed by atoms with Crippen LogP contribution in [0.2, 0.25) is 0 Å². The Morgan fingerprint density at radius 1 is 1.21 bits per heavy atom. The van der Waals surface area contributed by atoms with Crippen LogP contribution < -0.4 is 0 Å². The molecule has 1 aliphatic heterocycles. The van der Waals surface area contributed by atoms with Gasteiger partial charge in [0.2, 0.25) is 12.2 Å². The monoisotopic (exact) mass is 342 g/mol. The molecule has 0 saturated carbocycles. The fraction of sp³-hybridized carbons (Fsp3) is 0.385. The van der Waals surface area contributed by atoms with Gasteiger partial charge in [0.05, 0.1) is 7.11 Å². The highest BCUT2D eigenvalue weighted by Gasteiger charge is 2.50. The zero-order chi connectivity index (χ0) is 18.1. The third-order valence-corrected chi connectivity index (χ3v) is 2.45. The summed E-state index contributed by atoms with van der Waals surface area (Å²) < 4.78 is 28.1. The van der Waals surface area contributed by atoms with Crippen LogP contribution in [-0.2, 0) is 47.4 Å². The molecule has 1 saturated heterocycles. The molecule has 0 aliphatic carbocycles. The quantitative estimate of drug-likeness (QED) is 0.168. The lowest BCUT2D eigenvalue weighted by molar-refractivity contribution is -0.166. The summed E-state index contributed by atoms with van der Waals surface area (Å²) in [5, 5.41) is 0. The summed E-state index contributed by atoms with van der Waals surface area (Å²) in [5.74, 6) is -4.35. The van der Waals surface area contributed by atoms with Gasteiger partial charge >= 0.3 is 31.2 Å². The van der Waals surface area contributed by atoms with Gasteiger partial charge in [0.25, 0.3) is 0 Å². The summed E-state index contributed by atoms with van der Waals surface area (Å²) in [6.07, 6.45) is -1.04. The first kappa shape index (κ1) is 19.4. The third kappa shape index (κ3) is 5.21. The molecular formula is C13H15BO10. The first-order valence-electron chi connectivity index (χ1n) is 6.58. The van der Waals surface area contributed by atoms with Crippen LogP contribution in [0.1, 0.15) is 0 Å². The lowest BCUT2D eigenvalue weighted by Gasteiger charge is -2.14. The van der Waals surface area contributed by atoms with E-state index in [-0.39, 0.29) is 13.2 Å². The van der Waals surface area contributed by atoms with Crippen LogP contribution in [0.4, 0.5) is 0 Å². The highest BCUT2D eigenvalue weighted by atomic mass is 16.8. The first-order chi connectivity index (χ1) is 11.4. The van der Waals surface area contributed by atoms with E-state index in [1.807, 2.05) is 0 Å². The number of hydrogen-bond acceptors (Lipinski definition) is 10. The molecular weight excluding hydrogens is 327 g/mol. The predicted molar refractivity (Wildman–Crippen MR) is 75.9 cm³/mol. The fourth-order valence-corrected chi connectivity index (χ4v) is 1.42. The van der Waals surface area contributed by atoms with Crippen molar-refractivity contribution in [2.24, 2.45) is 0 Å². The summed E-state index contributed by atoms with van der Waals surface area (Å²) in [6, 6.07) is 0. The number of rotatable bonds is 9. The molecule has 0 bridgehead atoms. The summed E-state index contributed by atoms with van der Waals surface area (Å²) in [5.41, 5.74) is 0. The van der Waals surface area contributed by atoms with E-state index in [0.717, 1.165) is 7.11 Å². The Balaban J connectivity index is 2.70. The maximum atomic E-state index is 11.7. The maximum Gasteiger partial charge on any atom is 0.717 e. The second-order valence-electron chi connectivity index (χ2n) is 4.12. The number of hydrogen-bond donors (Lipinski definition) is 0. The molecule has 0 radical (unpaired) electrons. The summed E-state index contributed by atoms with van der Waals surface area (Å²) in [7, 11) is -0.782. The van der Waals surface area contributed by atoms with Crippen molar-refractivity contribution in [3.8, 4) is 0 Å². The minimum absolute atomic E-state index is 0.143. The van der Waals surface area contributed by atoms with Crippen LogP contribution in [-0.4, -0.2) is 63.7 Å². The van der Waals surface area contributed by atoms with Gasteiger partial charge in [-0.3, -0.25) is 4.79 Å². The largest absolute Gasteiger partial charge is 0.717 e. The average Bonchev–Trinajstić information content (AvgIpc) is 2.95. The molecule has 0 spiro atoms. The molecule has 130 valence electrons. The predicted octanol–water partition coefficient (Wildman–Crippen LogP) is -1.07. The van der Waals surface area contributed by atoms with Crippen LogP contribution in [0.15, 0.2) is 25.3 Å². The Hall–Kier alpha value is -2.66. The number of esters is 3. The van der Waals surface area contributed by atoms with E-state index in [4.69, 9.17) is 9.31 Å². The lowest BCUT2D eigenvalue weighted by Crippen LogP contribution is -2.41. The molecule has 1 fully saturated rings. The van der Waals surface area contributed by atoms with Crippen molar-refractivity contribution in [3.05, 3.63) is 25.3 Å². The molecule has 0 aromatic rings. The second kappa shape index (κ2) is 9.48. The third-order valence-electron chi connectivity index (χ3n) is 2.45. The molecule has 24 heavy (non-hydrogen) atoms. The van der Waals surface area contributed by atoms with Crippen molar-refractivity contribution < 1.29 is 47.4 Å². The molecule has 0 amide bonds. The Morgan fingerprint density at radius 2 is 1.83 bits per heavy atom. The van der Waals surface area contributed by atoms with Gasteiger partial charge in [-0.05, 0) is 0 Å². The average molecular weight is 342 g/mol. The Kier molecular flexibility index (Phi) is 7.66. The van der Waals surface area contributed by atoms with Crippen LogP contribution >= 0.6 is 0 Å². The summed E-state index contributed by atoms with van der Waals surface area (Å²) >= 11 is 0. The minimum Gasteiger partial charge on any atom is -0.482 e. The van der Waals surface area contributed by atoms with E-state index in [0.29, 0.717) is 0 Å². The standard InChI is InChI=1S/C13H15BO10/c1-4-6-20-11(16)8(10(15)19-3)22-14-23-9(13(18)24-14)12(17)21-7-5-2/h4-5,8-9H,1-2,6-7H2,3H3. The van der Waals surface area contributed by atoms with E-state index in [9.17, 15) is 19.2 Å². The fourth-order valence-electron chi connectivity index (χ4n) is 1.42. The molecule has 0 aromatic heterocycles. The zero-order valence-electron chi connectivity index (χ0n) is 12.8. The molecule has 11 heteroatoms. The molecule has 0 N–H and O–H groups in total. The van der Waals surface area contributed by atoms with Crippen molar-refractivity contribution >= 4 is 31.2 Å². The van der Waals surface area contributed by atoms with Gasteiger partial charge in [-0.2, -0.15) is 0 Å². The van der Waals surface area contributed by atoms with E-state index in [2.05, 4.69) is 32.0 Å². The highest BCUT2D eigenvalue weighted by molar-refractivity contribution is 6.44. The van der Waals surface area contributed by atoms with Gasteiger partial charge in [0.15, 0.2) is 0 Å². The van der Waals surface area contributed by atoms with Crippen LogP contribution in [0.3, 0.4) is 0 Å². The maximum absolute atomic E-state index is 11.7. The molecule has 1 rings (SSSR count). The number of carbonyl (C=O) groups is 4. The Bertz CT molecular complexity index is 531. The number of methoxy groups -OCH3 is 1. The van der Waals surface area contributed by atoms with Crippen LogP contribution in [0, 0.1) is 0 Å². The molecule has 10 nitrogen and oxygen atoms in total. The molecule has 2 unspecified atom stereocenters. The smallest absolute Gasteiger partial charge is 0.482 e. The van der Waals surface area contributed by atoms with E-state index >= 15 is 0 Å². The minimum atomic E-state index is -1.88. The number of ether oxygens (including phenoxy) is 3. The molecule has 0 aromatic carbocycles. The van der Waals surface area contributed by atoms with Crippen LogP contribution in [0.25, 0.3) is 0 Å². The summed E-state index contributed by atoms with van der Waals surface area (Å²) in [6.45, 7) is 6.35. The lowest BCUT2D eigenvalue weighted by atomic mass is 10.2. The van der Waals surface area contributed by atoms with Crippen molar-refractivity contribution in [1.29, 1.82) is 0 Å². The van der Waals surface area contributed by atoms with Gasteiger partial charge in [-0.1, -0.05) is 25.3 Å². The van der Waals surface area contributed by atoms with E-state index in [1.54, 1.807) is 0 Å².